The van der Waals surface area contributed by atoms with Crippen LogP contribution in [0.15, 0.2) is 12.3 Å². The first-order chi connectivity index (χ1) is 21.4. The molecule has 0 heterocycles. The number of carbonyl (C=O) groups excluding carboxylic acids is 3. The van der Waals surface area contributed by atoms with Gasteiger partial charge in [-0.15, -0.1) is 0 Å². The third-order valence-electron chi connectivity index (χ3n) is 16.8. The second-order valence-corrected chi connectivity index (χ2v) is 18.9. The molecule has 0 aromatic rings. The number of allylic oxidation sites excluding steroid dienone is 1. The Kier molecular flexibility index (Phi) is 8.18. The lowest BCUT2D eigenvalue weighted by atomic mass is 9.32. The highest BCUT2D eigenvalue weighted by Gasteiger charge is 2.71. The van der Waals surface area contributed by atoms with Crippen LogP contribution in [0.2, 0.25) is 0 Å². The molecule has 6 rings (SSSR count). The van der Waals surface area contributed by atoms with Gasteiger partial charge in [0.2, 0.25) is 11.8 Å². The molecular weight excluding hydrogens is 574 g/mol. The molecular formula is C39H63N3O4. The zero-order valence-corrected chi connectivity index (χ0v) is 30.2. The van der Waals surface area contributed by atoms with Gasteiger partial charge in [-0.2, -0.15) is 0 Å². The lowest BCUT2D eigenvalue weighted by Crippen LogP contribution is -2.68. The van der Waals surface area contributed by atoms with Crippen LogP contribution in [-0.4, -0.2) is 23.8 Å². The molecule has 0 bridgehead atoms. The molecule has 0 saturated heterocycles. The molecule has 4 N–H and O–H groups in total. The zero-order valence-electron chi connectivity index (χ0n) is 30.2. The van der Waals surface area contributed by atoms with E-state index in [1.807, 2.05) is 0 Å². The molecule has 46 heavy (non-hydrogen) atoms. The fraction of sp³-hybridized carbons (Fsp3) is 0.872. The summed E-state index contributed by atoms with van der Waals surface area (Å²) in [7, 11) is 0. The first kappa shape index (κ1) is 34.0. The summed E-state index contributed by atoms with van der Waals surface area (Å²) in [5.41, 5.74) is 2.54. The normalized spacial score (nSPS) is 46.7. The van der Waals surface area contributed by atoms with Gasteiger partial charge in [0.1, 0.15) is 0 Å². The molecule has 7 heteroatoms. The van der Waals surface area contributed by atoms with Gasteiger partial charge in [-0.05, 0) is 134 Å². The van der Waals surface area contributed by atoms with Gasteiger partial charge in [-0.3, -0.25) is 19.8 Å². The lowest BCUT2D eigenvalue weighted by Gasteiger charge is -2.73. The summed E-state index contributed by atoms with van der Waals surface area (Å²) in [4.78, 5) is 39.4. The first-order valence-corrected chi connectivity index (χ1v) is 18.6. The molecule has 7 nitrogen and oxygen atoms in total. The average molecular weight is 638 g/mol. The van der Waals surface area contributed by atoms with Crippen LogP contribution in [0.3, 0.4) is 0 Å². The standard InChI is InChI=1S/C39H63N3O4/c1-23(2)46-31(43)21-24-14-17-36(7)28(34(24,3)4)15-18-38(9)29(36)13-12-25-26-11-10-16-39(26,20-19-37(25,38)8)33(45)41-30-22-27(32(44)42-40)35(30,5)6/h24-30H,1,10-22,40H2,2-9H3,(H,41,45)(H,42,44)/t24-,25-,26+,27-,28-,29-,30-,36?,37?,38?,39?/m1/s1. The van der Waals surface area contributed by atoms with Crippen LogP contribution >= 0.6 is 0 Å². The largest absolute Gasteiger partial charge is 0.432 e. The van der Waals surface area contributed by atoms with Crippen LogP contribution in [0.1, 0.15) is 139 Å². The number of hydrazine groups is 1. The van der Waals surface area contributed by atoms with Crippen molar-refractivity contribution in [2.24, 2.45) is 73.8 Å². The Morgan fingerprint density at radius 2 is 1.52 bits per heavy atom. The van der Waals surface area contributed by atoms with Gasteiger partial charge < -0.3 is 10.1 Å². The average Bonchev–Trinajstić information content (AvgIpc) is 3.41. The van der Waals surface area contributed by atoms with Crippen LogP contribution in [-0.2, 0) is 19.1 Å². The fourth-order valence-electron chi connectivity index (χ4n) is 13.9. The minimum Gasteiger partial charge on any atom is -0.432 e. The monoisotopic (exact) mass is 637 g/mol. The summed E-state index contributed by atoms with van der Waals surface area (Å²) in [6.07, 6.45) is 13.8. The van der Waals surface area contributed by atoms with Gasteiger partial charge in [0, 0.05) is 18.4 Å². The molecule has 11 atom stereocenters. The Hall–Kier alpha value is -1.89. The molecule has 0 radical (unpaired) electrons. The number of rotatable bonds is 6. The van der Waals surface area contributed by atoms with E-state index < -0.39 is 0 Å². The van der Waals surface area contributed by atoms with Gasteiger partial charge >= 0.3 is 5.97 Å². The van der Waals surface area contributed by atoms with Crippen molar-refractivity contribution in [1.29, 1.82) is 0 Å². The lowest BCUT2D eigenvalue weighted by molar-refractivity contribution is -0.240. The molecule has 6 aliphatic carbocycles. The number of ether oxygens (including phenoxy) is 1. The van der Waals surface area contributed by atoms with Crippen molar-refractivity contribution in [3.05, 3.63) is 12.3 Å². The van der Waals surface area contributed by atoms with Gasteiger partial charge in [0.05, 0.1) is 11.2 Å². The number of carbonyl (C=O) groups is 3. The minimum atomic E-state index is -0.301. The third-order valence-corrected chi connectivity index (χ3v) is 16.8. The highest BCUT2D eigenvalue weighted by atomic mass is 16.5. The molecule has 0 aromatic heterocycles. The maximum Gasteiger partial charge on any atom is 0.311 e. The number of nitrogens with two attached hydrogens (primary N) is 1. The van der Waals surface area contributed by atoms with Crippen LogP contribution in [0.5, 0.6) is 0 Å². The topological polar surface area (TPSA) is 111 Å². The maximum absolute atomic E-state index is 14.4. The fourth-order valence-corrected chi connectivity index (χ4v) is 13.9. The van der Waals surface area contributed by atoms with E-state index in [1.54, 1.807) is 6.92 Å². The van der Waals surface area contributed by atoms with Crippen LogP contribution < -0.4 is 16.6 Å². The van der Waals surface area contributed by atoms with E-state index in [0.29, 0.717) is 48.2 Å². The van der Waals surface area contributed by atoms with Crippen LogP contribution in [0.25, 0.3) is 0 Å². The molecule has 6 aliphatic rings. The molecule has 258 valence electrons. The van der Waals surface area contributed by atoms with E-state index in [2.05, 4.69) is 65.8 Å². The summed E-state index contributed by atoms with van der Waals surface area (Å²) in [5, 5.41) is 3.50. The smallest absolute Gasteiger partial charge is 0.311 e. The molecule has 0 aromatic carbocycles. The van der Waals surface area contributed by atoms with Gasteiger partial charge in [-0.25, -0.2) is 5.84 Å². The van der Waals surface area contributed by atoms with Crippen molar-refractivity contribution in [3.8, 4) is 0 Å². The molecule has 0 aliphatic heterocycles. The van der Waals surface area contributed by atoms with E-state index in [0.717, 1.165) is 38.5 Å². The van der Waals surface area contributed by atoms with Gasteiger partial charge in [0.25, 0.3) is 0 Å². The summed E-state index contributed by atoms with van der Waals surface area (Å²) in [6, 6.07) is 0.0100. The van der Waals surface area contributed by atoms with Crippen molar-refractivity contribution >= 4 is 17.8 Å². The van der Waals surface area contributed by atoms with Crippen molar-refractivity contribution in [2.75, 3.05) is 0 Å². The van der Waals surface area contributed by atoms with E-state index in [4.69, 9.17) is 10.6 Å². The Labute approximate surface area is 278 Å². The predicted molar refractivity (Wildman–Crippen MR) is 180 cm³/mol. The van der Waals surface area contributed by atoms with Crippen LogP contribution in [0.4, 0.5) is 0 Å². The van der Waals surface area contributed by atoms with Gasteiger partial charge in [0.15, 0.2) is 0 Å². The number of fused-ring (bicyclic) bond motifs is 7. The number of hydrogen-bond donors (Lipinski definition) is 3. The summed E-state index contributed by atoms with van der Waals surface area (Å²) < 4.78 is 5.42. The molecule has 2 amide bonds. The Balaban J connectivity index is 1.21. The molecule has 0 spiro atoms. The number of hydrogen-bond acceptors (Lipinski definition) is 5. The predicted octanol–water partition coefficient (Wildman–Crippen LogP) is 7.45. The van der Waals surface area contributed by atoms with E-state index >= 15 is 0 Å². The van der Waals surface area contributed by atoms with Crippen molar-refractivity contribution in [3.63, 3.8) is 0 Å². The highest BCUT2D eigenvalue weighted by Crippen LogP contribution is 2.77. The highest BCUT2D eigenvalue weighted by molar-refractivity contribution is 5.85. The Bertz CT molecular complexity index is 1290. The summed E-state index contributed by atoms with van der Waals surface area (Å²) in [5.74, 6) is 8.37. The van der Waals surface area contributed by atoms with Crippen molar-refractivity contribution < 1.29 is 19.1 Å². The Morgan fingerprint density at radius 3 is 2.17 bits per heavy atom. The number of esters is 1. The van der Waals surface area contributed by atoms with Gasteiger partial charge in [-0.1, -0.05) is 61.5 Å². The van der Waals surface area contributed by atoms with E-state index in [-0.39, 0.29) is 62.2 Å². The Morgan fingerprint density at radius 1 is 0.804 bits per heavy atom. The number of nitrogens with one attached hydrogen (secondary N) is 2. The quantitative estimate of drug-likeness (QED) is 0.0922. The zero-order chi connectivity index (χ0) is 33.7. The summed E-state index contributed by atoms with van der Waals surface area (Å²) in [6.45, 7) is 22.5. The van der Waals surface area contributed by atoms with Crippen molar-refractivity contribution in [1.82, 2.24) is 10.7 Å². The van der Waals surface area contributed by atoms with Crippen molar-refractivity contribution in [2.45, 2.75) is 145 Å². The van der Waals surface area contributed by atoms with E-state index in [9.17, 15) is 14.4 Å². The SMILES string of the molecule is C=C(C)OC(=O)C[C@H]1CCC2(C)[C@H](CCC3(C)[C@@H]2CC[C@@H]2[C@@H]4CCCC4(C(=O)N[C@@H]4C[C@H](C(=O)NN)C4(C)C)CCC23C)C1(C)C. The minimum absolute atomic E-state index is 0.0100. The second-order valence-electron chi connectivity index (χ2n) is 18.9. The van der Waals surface area contributed by atoms with Crippen LogP contribution in [0, 0.1) is 68.0 Å². The van der Waals surface area contributed by atoms with E-state index in [1.165, 1.54) is 32.1 Å². The molecule has 4 unspecified atom stereocenters. The maximum atomic E-state index is 14.4. The summed E-state index contributed by atoms with van der Waals surface area (Å²) >= 11 is 0. The molecule has 6 fully saturated rings. The molecule has 6 saturated carbocycles. The third kappa shape index (κ3) is 4.62. The first-order valence-electron chi connectivity index (χ1n) is 18.6. The number of amides is 2. The second kappa shape index (κ2) is 11.1.